The van der Waals surface area contributed by atoms with Gasteiger partial charge in [0.1, 0.15) is 0 Å². The van der Waals surface area contributed by atoms with Crippen LogP contribution in [0.4, 0.5) is 11.4 Å². The van der Waals surface area contributed by atoms with E-state index in [1.54, 1.807) is 29.3 Å². The molecule has 2 aromatic heterocycles. The normalized spacial score (nSPS) is 17.1. The first-order valence-electron chi connectivity index (χ1n) is 8.19. The molecule has 8 heteroatoms. The van der Waals surface area contributed by atoms with Crippen LogP contribution in [0, 0.1) is 12.8 Å². The van der Waals surface area contributed by atoms with Gasteiger partial charge in [0.05, 0.1) is 28.5 Å². The molecule has 2 amide bonds. The molecule has 3 aromatic rings. The Bertz CT molecular complexity index is 1020. The summed E-state index contributed by atoms with van der Waals surface area (Å²) in [5.74, 6) is -0.771. The second-order valence-electron chi connectivity index (χ2n) is 6.29. The summed E-state index contributed by atoms with van der Waals surface area (Å²) in [6.07, 6.45) is 1.71. The smallest absolute Gasteiger partial charge is 0.229 e. The number of halogens is 1. The highest BCUT2D eigenvalue weighted by Crippen LogP contribution is 2.31. The molecule has 4 rings (SSSR count). The van der Waals surface area contributed by atoms with E-state index in [1.165, 1.54) is 0 Å². The van der Waals surface area contributed by atoms with E-state index in [4.69, 9.17) is 11.6 Å². The molecule has 0 spiro atoms. The Hall–Kier alpha value is -2.93. The number of aromatic nitrogens is 3. The van der Waals surface area contributed by atoms with E-state index in [9.17, 15) is 9.59 Å². The van der Waals surface area contributed by atoms with Gasteiger partial charge in [-0.05, 0) is 25.1 Å². The molecule has 1 fully saturated rings. The lowest BCUT2D eigenvalue weighted by molar-refractivity contribution is -0.122. The van der Waals surface area contributed by atoms with Crippen LogP contribution in [0.5, 0.6) is 0 Å². The Morgan fingerprint density at radius 3 is 3.00 bits per heavy atom. The number of hydrogen-bond acceptors (Lipinski definition) is 4. The fourth-order valence-corrected chi connectivity index (χ4v) is 3.36. The van der Waals surface area contributed by atoms with Crippen molar-refractivity contribution in [3.05, 3.63) is 47.2 Å². The number of pyridine rings is 1. The number of H-pyrrole nitrogens is 1. The lowest BCUT2D eigenvalue weighted by atomic mass is 10.1. The zero-order chi connectivity index (χ0) is 18.3. The monoisotopic (exact) mass is 369 g/mol. The lowest BCUT2D eigenvalue weighted by Gasteiger charge is -2.18. The molecule has 26 heavy (non-hydrogen) atoms. The van der Waals surface area contributed by atoms with E-state index in [1.807, 2.05) is 19.1 Å². The van der Waals surface area contributed by atoms with Crippen LogP contribution in [0.25, 0.3) is 11.0 Å². The first kappa shape index (κ1) is 16.5. The third kappa shape index (κ3) is 2.90. The number of nitrogens with one attached hydrogen (secondary N) is 2. The van der Waals surface area contributed by atoms with Crippen LogP contribution in [0.3, 0.4) is 0 Å². The van der Waals surface area contributed by atoms with Gasteiger partial charge in [0.25, 0.3) is 0 Å². The summed E-state index contributed by atoms with van der Waals surface area (Å²) >= 11 is 6.17. The van der Waals surface area contributed by atoms with Gasteiger partial charge in [0.15, 0.2) is 5.65 Å². The third-order valence-corrected chi connectivity index (χ3v) is 4.83. The van der Waals surface area contributed by atoms with Gasteiger partial charge in [-0.25, -0.2) is 4.98 Å². The van der Waals surface area contributed by atoms with Gasteiger partial charge in [-0.15, -0.1) is 0 Å². The molecule has 0 bridgehead atoms. The highest BCUT2D eigenvalue weighted by molar-refractivity contribution is 6.33. The fraction of sp³-hybridized carbons (Fsp3) is 0.222. The van der Waals surface area contributed by atoms with Gasteiger partial charge in [0, 0.05) is 24.0 Å². The summed E-state index contributed by atoms with van der Waals surface area (Å²) in [7, 11) is 0. The average Bonchev–Trinajstić information content (AvgIpc) is 3.19. The average molecular weight is 370 g/mol. The number of aryl methyl sites for hydroxylation is 1. The Morgan fingerprint density at radius 2 is 2.19 bits per heavy atom. The minimum absolute atomic E-state index is 0.113. The maximum Gasteiger partial charge on any atom is 0.229 e. The zero-order valence-corrected chi connectivity index (χ0v) is 14.7. The zero-order valence-electron chi connectivity index (χ0n) is 14.0. The number of para-hydroxylation sites is 1. The van der Waals surface area contributed by atoms with Crippen molar-refractivity contribution in [2.75, 3.05) is 16.8 Å². The van der Waals surface area contributed by atoms with E-state index in [2.05, 4.69) is 20.5 Å². The molecule has 1 aromatic carbocycles. The number of benzene rings is 1. The van der Waals surface area contributed by atoms with Gasteiger partial charge in [-0.3, -0.25) is 14.7 Å². The van der Waals surface area contributed by atoms with Crippen molar-refractivity contribution in [3.8, 4) is 0 Å². The summed E-state index contributed by atoms with van der Waals surface area (Å²) in [5, 5.41) is 11.1. The molecule has 1 aliphatic rings. The van der Waals surface area contributed by atoms with Crippen LogP contribution in [0.2, 0.25) is 5.02 Å². The summed E-state index contributed by atoms with van der Waals surface area (Å²) in [6.45, 7) is 2.19. The van der Waals surface area contributed by atoms with Gasteiger partial charge in [-0.1, -0.05) is 23.7 Å². The van der Waals surface area contributed by atoms with E-state index in [0.717, 1.165) is 11.1 Å². The molecule has 2 N–H and O–H groups in total. The predicted octanol–water partition coefficient (Wildman–Crippen LogP) is 2.91. The Labute approximate surface area is 154 Å². The number of nitrogens with zero attached hydrogens (tertiary/aromatic N) is 3. The van der Waals surface area contributed by atoms with Gasteiger partial charge < -0.3 is 10.2 Å². The molecule has 1 saturated heterocycles. The largest absolute Gasteiger partial charge is 0.324 e. The number of rotatable bonds is 3. The SMILES string of the molecule is Cc1[nH]nc2ncc(NC(=O)[C@H]3CC(=O)N(c4ccccc4Cl)C3)cc12. The fourth-order valence-electron chi connectivity index (χ4n) is 3.12. The van der Waals surface area contributed by atoms with Gasteiger partial charge in [0.2, 0.25) is 11.8 Å². The Morgan fingerprint density at radius 1 is 1.38 bits per heavy atom. The number of amides is 2. The van der Waals surface area contributed by atoms with Crippen molar-refractivity contribution < 1.29 is 9.59 Å². The van der Waals surface area contributed by atoms with Crippen molar-refractivity contribution >= 4 is 45.8 Å². The summed E-state index contributed by atoms with van der Waals surface area (Å²) in [5.41, 5.74) is 2.69. The van der Waals surface area contributed by atoms with Crippen LogP contribution in [-0.2, 0) is 9.59 Å². The van der Waals surface area contributed by atoms with Crippen molar-refractivity contribution in [3.63, 3.8) is 0 Å². The number of carbonyl (C=O) groups is 2. The number of anilines is 2. The molecule has 1 aliphatic heterocycles. The summed E-state index contributed by atoms with van der Waals surface area (Å²) < 4.78 is 0. The molecule has 0 saturated carbocycles. The minimum Gasteiger partial charge on any atom is -0.324 e. The number of fused-ring (bicyclic) bond motifs is 1. The highest BCUT2D eigenvalue weighted by Gasteiger charge is 2.35. The molecular formula is C18H16ClN5O2. The molecule has 3 heterocycles. The minimum atomic E-state index is -0.445. The molecule has 0 aliphatic carbocycles. The molecule has 0 radical (unpaired) electrons. The van der Waals surface area contributed by atoms with Crippen LogP contribution >= 0.6 is 11.6 Å². The molecule has 132 valence electrons. The summed E-state index contributed by atoms with van der Waals surface area (Å²) in [4.78, 5) is 30.7. The second kappa shape index (κ2) is 6.42. The highest BCUT2D eigenvalue weighted by atomic mass is 35.5. The molecule has 7 nitrogen and oxygen atoms in total. The maximum atomic E-state index is 12.6. The van der Waals surface area contributed by atoms with E-state index in [0.29, 0.717) is 28.6 Å². The Balaban J connectivity index is 1.51. The number of hydrogen-bond donors (Lipinski definition) is 2. The standard InChI is InChI=1S/C18H16ClN5O2/c1-10-13-7-12(8-20-17(13)23-22-10)21-18(26)11-6-16(25)24(9-11)15-5-3-2-4-14(15)19/h2-5,7-8,11H,6,9H2,1H3,(H,21,26)(H,20,22,23)/t11-/m0/s1. The second-order valence-corrected chi connectivity index (χ2v) is 6.70. The van der Waals surface area contributed by atoms with Crippen molar-refractivity contribution in [2.45, 2.75) is 13.3 Å². The van der Waals surface area contributed by atoms with Crippen LogP contribution in [0.15, 0.2) is 36.5 Å². The topological polar surface area (TPSA) is 91.0 Å². The Kier molecular flexibility index (Phi) is 4.08. The quantitative estimate of drug-likeness (QED) is 0.742. The number of carbonyl (C=O) groups excluding carboxylic acids is 2. The summed E-state index contributed by atoms with van der Waals surface area (Å²) in [6, 6.07) is 8.95. The molecular weight excluding hydrogens is 354 g/mol. The molecule has 1 atom stereocenters. The van der Waals surface area contributed by atoms with E-state index < -0.39 is 5.92 Å². The first-order valence-corrected chi connectivity index (χ1v) is 8.57. The predicted molar refractivity (Wildman–Crippen MR) is 99.2 cm³/mol. The van der Waals surface area contributed by atoms with Crippen LogP contribution < -0.4 is 10.2 Å². The molecule has 0 unspecified atom stereocenters. The van der Waals surface area contributed by atoms with E-state index >= 15 is 0 Å². The van der Waals surface area contributed by atoms with Crippen molar-refractivity contribution in [2.24, 2.45) is 5.92 Å². The first-order chi connectivity index (χ1) is 12.5. The van der Waals surface area contributed by atoms with E-state index in [-0.39, 0.29) is 18.2 Å². The van der Waals surface area contributed by atoms with Crippen LogP contribution in [-0.4, -0.2) is 33.5 Å². The maximum absolute atomic E-state index is 12.6. The lowest BCUT2D eigenvalue weighted by Crippen LogP contribution is -2.28. The van der Waals surface area contributed by atoms with Crippen molar-refractivity contribution in [1.82, 2.24) is 15.2 Å². The van der Waals surface area contributed by atoms with Crippen molar-refractivity contribution in [1.29, 1.82) is 0 Å². The van der Waals surface area contributed by atoms with Crippen LogP contribution in [0.1, 0.15) is 12.1 Å². The number of aromatic amines is 1. The van der Waals surface area contributed by atoms with Gasteiger partial charge in [-0.2, -0.15) is 5.10 Å². The van der Waals surface area contributed by atoms with Gasteiger partial charge >= 0.3 is 0 Å². The third-order valence-electron chi connectivity index (χ3n) is 4.51.